The van der Waals surface area contributed by atoms with E-state index in [4.69, 9.17) is 4.74 Å². The molecule has 0 fully saturated rings. The molecule has 144 valence electrons. The molecule has 1 atom stereocenters. The second-order valence-electron chi connectivity index (χ2n) is 5.63. The van der Waals surface area contributed by atoms with Crippen molar-refractivity contribution >= 4 is 16.7 Å². The van der Waals surface area contributed by atoms with Gasteiger partial charge in [-0.05, 0) is 18.9 Å². The van der Waals surface area contributed by atoms with Gasteiger partial charge in [0.25, 0.3) is 0 Å². The van der Waals surface area contributed by atoms with Crippen LogP contribution in [0.1, 0.15) is 23.2 Å². The Morgan fingerprint density at radius 2 is 1.44 bits per heavy atom. The summed E-state index contributed by atoms with van der Waals surface area (Å²) in [5.74, 6) is -17.9. The number of hydrogen-bond donors (Lipinski definition) is 0. The van der Waals surface area contributed by atoms with E-state index in [0.29, 0.717) is 12.8 Å². The van der Waals surface area contributed by atoms with Crippen LogP contribution in [0.15, 0.2) is 12.3 Å². The summed E-state index contributed by atoms with van der Waals surface area (Å²) in [6, 6.07) is 0. The first kappa shape index (κ1) is 19.0. The van der Waals surface area contributed by atoms with Gasteiger partial charge in [0.05, 0.1) is 17.0 Å². The minimum Gasteiger partial charge on any atom is -0.495 e. The van der Waals surface area contributed by atoms with Crippen LogP contribution in [-0.4, -0.2) is 18.7 Å². The number of benzene rings is 2. The fourth-order valence-corrected chi connectivity index (χ4v) is 2.61. The van der Waals surface area contributed by atoms with Crippen molar-refractivity contribution in [2.75, 3.05) is 6.61 Å². The monoisotopic (exact) mass is 394 g/mol. The number of esters is 1. The van der Waals surface area contributed by atoms with Crippen LogP contribution in [0.5, 0.6) is 0 Å². The predicted molar refractivity (Wildman–Crippen MR) is 77.2 cm³/mol. The van der Waals surface area contributed by atoms with E-state index in [1.165, 1.54) is 6.26 Å². The summed E-state index contributed by atoms with van der Waals surface area (Å²) >= 11 is 0. The van der Waals surface area contributed by atoms with Gasteiger partial charge >= 0.3 is 5.97 Å². The zero-order chi connectivity index (χ0) is 19.9. The second kappa shape index (κ2) is 7.09. The van der Waals surface area contributed by atoms with Gasteiger partial charge in [-0.1, -0.05) is 0 Å². The highest BCUT2D eigenvalue weighted by molar-refractivity contribution is 5.97. The van der Waals surface area contributed by atoms with Gasteiger partial charge in [-0.25, -0.2) is 35.5 Å². The summed E-state index contributed by atoms with van der Waals surface area (Å²) in [5, 5.41) is -3.53. The molecule has 0 amide bonds. The highest BCUT2D eigenvalue weighted by Gasteiger charge is 2.33. The molecule has 27 heavy (non-hydrogen) atoms. The third kappa shape index (κ3) is 3.08. The van der Waals surface area contributed by atoms with Gasteiger partial charge in [-0.2, -0.15) is 0 Å². The zero-order valence-corrected chi connectivity index (χ0v) is 13.2. The summed E-state index contributed by atoms with van der Waals surface area (Å²) < 4.78 is 106. The molecule has 1 heterocycles. The fourth-order valence-electron chi connectivity index (χ4n) is 2.61. The Hall–Kier alpha value is -2.78. The molecule has 0 radical (unpaired) electrons. The summed E-state index contributed by atoms with van der Waals surface area (Å²) in [6.45, 7) is -0.462. The van der Waals surface area contributed by atoms with Gasteiger partial charge in [0.1, 0.15) is 18.3 Å². The van der Waals surface area contributed by atoms with Crippen molar-refractivity contribution in [3.05, 3.63) is 58.6 Å². The second-order valence-corrected chi connectivity index (χ2v) is 5.63. The van der Waals surface area contributed by atoms with Crippen LogP contribution in [-0.2, 0) is 9.47 Å². The van der Waals surface area contributed by atoms with Crippen molar-refractivity contribution in [1.82, 2.24) is 0 Å². The zero-order valence-electron chi connectivity index (χ0n) is 13.2. The smallest absolute Gasteiger partial charge is 0.344 e. The molecule has 0 saturated carbocycles. The first-order valence-corrected chi connectivity index (χ1v) is 7.55. The van der Waals surface area contributed by atoms with Gasteiger partial charge in [-0.3, -0.25) is 0 Å². The standard InChI is InChI=1S/C17H9F7O3/c18-10-7-8(13(21)16(24)15(23)12(7)20)11(19)14(22)9(10)17(25)27-5-6-3-1-2-4-26-6/h2,4,6H,1,3,5H2. The maximum Gasteiger partial charge on any atom is 0.344 e. The Bertz CT molecular complexity index is 972. The maximum atomic E-state index is 14.4. The molecule has 0 aliphatic carbocycles. The number of carbonyl (C=O) groups excluding carboxylic acids is 1. The summed E-state index contributed by atoms with van der Waals surface area (Å²) in [5.41, 5.74) is -1.70. The average molecular weight is 394 g/mol. The first-order valence-electron chi connectivity index (χ1n) is 7.55. The Morgan fingerprint density at radius 1 is 0.889 bits per heavy atom. The topological polar surface area (TPSA) is 35.5 Å². The van der Waals surface area contributed by atoms with E-state index in [9.17, 15) is 35.5 Å². The normalized spacial score (nSPS) is 16.5. The highest BCUT2D eigenvalue weighted by Crippen LogP contribution is 2.34. The molecule has 2 aromatic carbocycles. The lowest BCUT2D eigenvalue weighted by atomic mass is 10.0. The van der Waals surface area contributed by atoms with E-state index in [1.807, 2.05) is 0 Å². The summed E-state index contributed by atoms with van der Waals surface area (Å²) in [6.07, 6.45) is 3.39. The number of rotatable bonds is 3. The van der Waals surface area contributed by atoms with Crippen molar-refractivity contribution in [3.8, 4) is 0 Å². The van der Waals surface area contributed by atoms with E-state index in [1.54, 1.807) is 6.08 Å². The van der Waals surface area contributed by atoms with Gasteiger partial charge in [0.2, 0.25) is 0 Å². The molecule has 1 aliphatic rings. The molecule has 3 rings (SSSR count). The van der Waals surface area contributed by atoms with Crippen LogP contribution in [0, 0.1) is 40.7 Å². The van der Waals surface area contributed by atoms with Crippen molar-refractivity contribution in [2.45, 2.75) is 18.9 Å². The number of hydrogen-bond acceptors (Lipinski definition) is 3. The Balaban J connectivity index is 2.08. The lowest BCUT2D eigenvalue weighted by Crippen LogP contribution is -2.23. The van der Waals surface area contributed by atoms with Crippen LogP contribution in [0.3, 0.4) is 0 Å². The van der Waals surface area contributed by atoms with Gasteiger partial charge in [0, 0.05) is 0 Å². The molecular formula is C17H9F7O3. The summed E-state index contributed by atoms with van der Waals surface area (Å²) in [7, 11) is 0. The van der Waals surface area contributed by atoms with Crippen LogP contribution in [0.25, 0.3) is 10.8 Å². The molecular weight excluding hydrogens is 385 g/mol. The molecule has 3 nitrogen and oxygen atoms in total. The van der Waals surface area contributed by atoms with Crippen molar-refractivity contribution in [1.29, 1.82) is 0 Å². The largest absolute Gasteiger partial charge is 0.495 e. The lowest BCUT2D eigenvalue weighted by Gasteiger charge is -2.19. The third-order valence-corrected chi connectivity index (χ3v) is 3.96. The van der Waals surface area contributed by atoms with Crippen LogP contribution < -0.4 is 0 Å². The molecule has 1 unspecified atom stereocenters. The van der Waals surface area contributed by atoms with E-state index in [-0.39, 0.29) is 0 Å². The van der Waals surface area contributed by atoms with E-state index < -0.39 is 75.7 Å². The van der Waals surface area contributed by atoms with Gasteiger partial charge in [0.15, 0.2) is 40.7 Å². The van der Waals surface area contributed by atoms with E-state index in [0.717, 1.165) is 0 Å². The van der Waals surface area contributed by atoms with Gasteiger partial charge < -0.3 is 9.47 Å². The molecule has 0 saturated heterocycles. The lowest BCUT2D eigenvalue weighted by molar-refractivity contribution is 0.0156. The van der Waals surface area contributed by atoms with E-state index in [2.05, 4.69) is 4.74 Å². The number of halogens is 7. The third-order valence-electron chi connectivity index (χ3n) is 3.96. The molecule has 1 aliphatic heterocycles. The average Bonchev–Trinajstić information content (AvgIpc) is 2.66. The summed E-state index contributed by atoms with van der Waals surface area (Å²) in [4.78, 5) is 11.9. The Morgan fingerprint density at radius 3 is 2.00 bits per heavy atom. The van der Waals surface area contributed by atoms with Crippen molar-refractivity contribution < 1.29 is 45.0 Å². The number of fused-ring (bicyclic) bond motifs is 1. The fraction of sp³-hybridized carbons (Fsp3) is 0.235. The van der Waals surface area contributed by atoms with Crippen LogP contribution in [0.2, 0.25) is 0 Å². The van der Waals surface area contributed by atoms with Gasteiger partial charge in [-0.15, -0.1) is 0 Å². The molecule has 2 aromatic rings. The molecule has 0 bridgehead atoms. The number of allylic oxidation sites excluding steroid dienone is 1. The predicted octanol–water partition coefficient (Wildman–Crippen LogP) is 4.66. The van der Waals surface area contributed by atoms with Crippen LogP contribution in [0.4, 0.5) is 30.7 Å². The number of carbonyl (C=O) groups is 1. The quantitative estimate of drug-likeness (QED) is 0.329. The SMILES string of the molecule is O=C(OCC1CCC=CO1)c1c(F)c(F)c2c(F)c(F)c(F)c(F)c2c1F. The minimum atomic E-state index is -2.45. The first-order chi connectivity index (χ1) is 12.8. The van der Waals surface area contributed by atoms with Crippen molar-refractivity contribution in [2.24, 2.45) is 0 Å². The molecule has 0 aromatic heterocycles. The number of ether oxygens (including phenoxy) is 2. The van der Waals surface area contributed by atoms with Crippen LogP contribution >= 0.6 is 0 Å². The highest BCUT2D eigenvalue weighted by atomic mass is 19.2. The molecule has 0 N–H and O–H groups in total. The maximum absolute atomic E-state index is 14.4. The Labute approximate surface area is 147 Å². The van der Waals surface area contributed by atoms with E-state index >= 15 is 0 Å². The minimum absolute atomic E-state index is 0.422. The molecule has 0 spiro atoms. The Kier molecular flexibility index (Phi) is 4.99. The molecule has 10 heteroatoms. The van der Waals surface area contributed by atoms with Crippen molar-refractivity contribution in [3.63, 3.8) is 0 Å².